The Bertz CT molecular complexity index is 1130. The van der Waals surface area contributed by atoms with Crippen molar-refractivity contribution in [1.29, 1.82) is 0 Å². The van der Waals surface area contributed by atoms with Crippen molar-refractivity contribution in [2.75, 3.05) is 7.11 Å². The molecule has 0 saturated heterocycles. The highest BCUT2D eigenvalue weighted by Gasteiger charge is 2.18. The lowest BCUT2D eigenvalue weighted by Gasteiger charge is -2.06. The third kappa shape index (κ3) is 4.33. The van der Waals surface area contributed by atoms with Gasteiger partial charge in [-0.3, -0.25) is 0 Å². The summed E-state index contributed by atoms with van der Waals surface area (Å²) >= 11 is 1.50. The Balaban J connectivity index is 1.40. The molecule has 0 aliphatic carbocycles. The van der Waals surface area contributed by atoms with Gasteiger partial charge in [0, 0.05) is 11.6 Å². The van der Waals surface area contributed by atoms with Crippen LogP contribution in [0.25, 0.3) is 27.7 Å². The van der Waals surface area contributed by atoms with Gasteiger partial charge in [-0.15, -0.1) is 21.5 Å². The van der Waals surface area contributed by atoms with E-state index in [0.29, 0.717) is 5.89 Å². The van der Waals surface area contributed by atoms with E-state index in [-0.39, 0.29) is 5.89 Å². The summed E-state index contributed by atoms with van der Waals surface area (Å²) in [5, 5.41) is 8.72. The highest BCUT2D eigenvalue weighted by molar-refractivity contribution is 7.19. The number of benzene rings is 2. The van der Waals surface area contributed by atoms with Crippen molar-refractivity contribution in [3.05, 3.63) is 65.5 Å². The minimum absolute atomic E-state index is 0.220. The first-order chi connectivity index (χ1) is 14.1. The van der Waals surface area contributed by atoms with E-state index in [4.69, 9.17) is 13.9 Å². The summed E-state index contributed by atoms with van der Waals surface area (Å²) in [6.07, 6.45) is 2.30. The van der Waals surface area contributed by atoms with Gasteiger partial charge >= 0.3 is 5.97 Å². The number of para-hydroxylation sites is 1. The van der Waals surface area contributed by atoms with Crippen molar-refractivity contribution < 1.29 is 18.7 Å². The first kappa shape index (κ1) is 18.8. The van der Waals surface area contributed by atoms with Crippen molar-refractivity contribution in [3.8, 4) is 17.2 Å². The van der Waals surface area contributed by atoms with Crippen molar-refractivity contribution in [2.24, 2.45) is 0 Å². The molecule has 0 aliphatic heterocycles. The third-order valence-electron chi connectivity index (χ3n) is 4.09. The van der Waals surface area contributed by atoms with Gasteiger partial charge in [0.15, 0.2) is 6.10 Å². The van der Waals surface area contributed by atoms with Crippen LogP contribution in [0.2, 0.25) is 0 Å². The number of carbonyl (C=O) groups excluding carboxylic acids is 1. The smallest absolute Gasteiger partial charge is 0.331 e. The summed E-state index contributed by atoms with van der Waals surface area (Å²) in [4.78, 5) is 16.6. The zero-order chi connectivity index (χ0) is 20.2. The molecule has 0 fully saturated rings. The predicted molar refractivity (Wildman–Crippen MR) is 109 cm³/mol. The lowest BCUT2D eigenvalue weighted by Crippen LogP contribution is -2.06. The Labute approximate surface area is 170 Å². The minimum atomic E-state index is -0.679. The van der Waals surface area contributed by atoms with Crippen LogP contribution in [-0.4, -0.2) is 28.3 Å². The first-order valence-corrected chi connectivity index (χ1v) is 9.66. The number of methoxy groups -OCH3 is 1. The van der Waals surface area contributed by atoms with Crippen LogP contribution in [0, 0.1) is 0 Å². The van der Waals surface area contributed by atoms with E-state index in [0.717, 1.165) is 26.5 Å². The number of esters is 1. The summed E-state index contributed by atoms with van der Waals surface area (Å²) in [6, 6.07) is 15.0. The van der Waals surface area contributed by atoms with E-state index >= 15 is 0 Å². The van der Waals surface area contributed by atoms with Crippen LogP contribution in [0.4, 0.5) is 0 Å². The van der Waals surface area contributed by atoms with E-state index in [1.165, 1.54) is 17.4 Å². The number of hydrogen-bond acceptors (Lipinski definition) is 8. The number of ether oxygens (including phenoxy) is 2. The topological polar surface area (TPSA) is 87.3 Å². The Morgan fingerprint density at radius 3 is 2.69 bits per heavy atom. The van der Waals surface area contributed by atoms with Gasteiger partial charge in [-0.05, 0) is 49.4 Å². The lowest BCUT2D eigenvalue weighted by molar-refractivity contribution is -0.143. The predicted octanol–water partition coefficient (Wildman–Crippen LogP) is 4.67. The quantitative estimate of drug-likeness (QED) is 0.339. The summed E-state index contributed by atoms with van der Waals surface area (Å²) in [5.41, 5.74) is 1.65. The molecule has 0 aliphatic rings. The van der Waals surface area contributed by atoms with Gasteiger partial charge in [0.2, 0.25) is 5.89 Å². The van der Waals surface area contributed by atoms with E-state index in [1.807, 2.05) is 36.4 Å². The molecule has 2 heterocycles. The van der Waals surface area contributed by atoms with Crippen LogP contribution in [0.5, 0.6) is 5.75 Å². The number of aromatic nitrogens is 3. The van der Waals surface area contributed by atoms with Crippen molar-refractivity contribution >= 4 is 33.6 Å². The van der Waals surface area contributed by atoms with Crippen molar-refractivity contribution in [3.63, 3.8) is 0 Å². The summed E-state index contributed by atoms with van der Waals surface area (Å²) in [7, 11) is 1.60. The molecule has 0 bridgehead atoms. The largest absolute Gasteiger partial charge is 0.497 e. The SMILES string of the molecule is COc1ccc(-c2nnc([C@H](C)OC(=O)/C=C/c3nc4ccccc4s3)o2)cc1. The average molecular weight is 407 g/mol. The highest BCUT2D eigenvalue weighted by atomic mass is 32.1. The molecule has 0 N–H and O–H groups in total. The molecule has 2 aromatic heterocycles. The lowest BCUT2D eigenvalue weighted by atomic mass is 10.2. The standard InChI is InChI=1S/C21H17N3O4S/c1-13(20-23-24-21(28-20)14-7-9-15(26-2)10-8-14)27-19(25)12-11-18-22-16-5-3-4-6-17(16)29-18/h3-13H,1-2H3/b12-11+/t13-/m0/s1. The second-order valence-electron chi connectivity index (χ2n) is 6.11. The maximum atomic E-state index is 12.1. The minimum Gasteiger partial charge on any atom is -0.497 e. The Kier molecular flexibility index (Phi) is 5.35. The van der Waals surface area contributed by atoms with Gasteiger partial charge in [-0.1, -0.05) is 12.1 Å². The molecule has 0 amide bonds. The van der Waals surface area contributed by atoms with Gasteiger partial charge in [0.25, 0.3) is 5.89 Å². The number of carbonyl (C=O) groups is 1. The fourth-order valence-electron chi connectivity index (χ4n) is 2.61. The van der Waals surface area contributed by atoms with Gasteiger partial charge in [-0.25, -0.2) is 9.78 Å². The monoisotopic (exact) mass is 407 g/mol. The number of thiazole rings is 1. The molecule has 4 aromatic rings. The Morgan fingerprint density at radius 1 is 1.14 bits per heavy atom. The molecule has 0 radical (unpaired) electrons. The molecule has 1 atom stereocenters. The zero-order valence-corrected chi connectivity index (χ0v) is 16.6. The summed E-state index contributed by atoms with van der Waals surface area (Å²) in [5.74, 6) is 0.782. The van der Waals surface area contributed by atoms with Gasteiger partial charge < -0.3 is 13.9 Å². The molecule has 4 rings (SSSR count). The summed E-state index contributed by atoms with van der Waals surface area (Å²) < 4.78 is 17.2. The fourth-order valence-corrected chi connectivity index (χ4v) is 3.48. The maximum Gasteiger partial charge on any atom is 0.331 e. The molecular weight excluding hydrogens is 390 g/mol. The number of hydrogen-bond donors (Lipinski definition) is 0. The van der Waals surface area contributed by atoms with Crippen LogP contribution in [0.15, 0.2) is 59.0 Å². The van der Waals surface area contributed by atoms with Gasteiger partial charge in [-0.2, -0.15) is 0 Å². The fraction of sp³-hybridized carbons (Fsp3) is 0.143. The Morgan fingerprint density at radius 2 is 1.93 bits per heavy atom. The van der Waals surface area contributed by atoms with Crippen LogP contribution >= 0.6 is 11.3 Å². The number of fused-ring (bicyclic) bond motifs is 1. The van der Waals surface area contributed by atoms with Crippen LogP contribution in [0.1, 0.15) is 23.9 Å². The van der Waals surface area contributed by atoms with Gasteiger partial charge in [0.1, 0.15) is 10.8 Å². The molecule has 7 nitrogen and oxygen atoms in total. The molecular formula is C21H17N3O4S. The normalized spacial score (nSPS) is 12.3. The van der Waals surface area contributed by atoms with Crippen LogP contribution in [0.3, 0.4) is 0 Å². The Hall–Kier alpha value is -3.52. The molecule has 8 heteroatoms. The van der Waals surface area contributed by atoms with Crippen molar-refractivity contribution in [2.45, 2.75) is 13.0 Å². The van der Waals surface area contributed by atoms with E-state index in [9.17, 15) is 4.79 Å². The maximum absolute atomic E-state index is 12.1. The second kappa shape index (κ2) is 8.24. The second-order valence-corrected chi connectivity index (χ2v) is 7.17. The molecule has 146 valence electrons. The van der Waals surface area contributed by atoms with Crippen LogP contribution < -0.4 is 4.74 Å². The zero-order valence-electron chi connectivity index (χ0n) is 15.7. The molecule has 0 unspecified atom stereocenters. The van der Waals surface area contributed by atoms with E-state index in [1.54, 1.807) is 32.2 Å². The van der Waals surface area contributed by atoms with Gasteiger partial charge in [0.05, 0.1) is 17.3 Å². The average Bonchev–Trinajstić information content (AvgIpc) is 3.39. The third-order valence-corrected chi connectivity index (χ3v) is 5.09. The van der Waals surface area contributed by atoms with Crippen molar-refractivity contribution in [1.82, 2.24) is 15.2 Å². The molecule has 0 spiro atoms. The highest BCUT2D eigenvalue weighted by Crippen LogP contribution is 2.25. The number of nitrogens with zero attached hydrogens (tertiary/aromatic N) is 3. The molecule has 2 aromatic carbocycles. The van der Waals surface area contributed by atoms with E-state index in [2.05, 4.69) is 15.2 Å². The first-order valence-electron chi connectivity index (χ1n) is 8.84. The summed E-state index contributed by atoms with van der Waals surface area (Å²) in [6.45, 7) is 1.68. The number of rotatable bonds is 6. The molecule has 0 saturated carbocycles. The van der Waals surface area contributed by atoms with E-state index < -0.39 is 12.1 Å². The molecule has 29 heavy (non-hydrogen) atoms. The van der Waals surface area contributed by atoms with Crippen LogP contribution in [-0.2, 0) is 9.53 Å².